The van der Waals surface area contributed by atoms with E-state index in [-0.39, 0.29) is 0 Å². The van der Waals surface area contributed by atoms with Gasteiger partial charge in [0.15, 0.2) is 0 Å². The Kier molecular flexibility index (Phi) is 14.8. The quantitative estimate of drug-likeness (QED) is 0.260. The number of nitrogens with one attached hydrogen (secondary N) is 1. The molecule has 0 amide bonds. The van der Waals surface area contributed by atoms with Crippen LogP contribution in [0.5, 0.6) is 0 Å². The van der Waals surface area contributed by atoms with Gasteiger partial charge in [-0.15, -0.1) is 0 Å². The first-order valence-electron chi connectivity index (χ1n) is 11.0. The van der Waals surface area contributed by atoms with Gasteiger partial charge in [-0.25, -0.2) is 0 Å². The normalized spacial score (nSPS) is 17.2. The van der Waals surface area contributed by atoms with Crippen LogP contribution in [0.3, 0.4) is 0 Å². The van der Waals surface area contributed by atoms with Crippen molar-refractivity contribution in [2.24, 2.45) is 10.7 Å². The minimum atomic E-state index is 0.337. The molecule has 0 saturated heterocycles. The molecule has 0 spiro atoms. The SMILES string of the molecule is CCCCCCCCCCCCCCCC=CC1CNC(CCN)=N1. The summed E-state index contributed by atoms with van der Waals surface area (Å²) < 4.78 is 0. The van der Waals surface area contributed by atoms with Crippen molar-refractivity contribution in [1.29, 1.82) is 0 Å². The minimum absolute atomic E-state index is 0.337. The van der Waals surface area contributed by atoms with Crippen LogP contribution in [0.2, 0.25) is 0 Å². The largest absolute Gasteiger partial charge is 0.371 e. The van der Waals surface area contributed by atoms with Crippen LogP contribution in [-0.2, 0) is 0 Å². The predicted molar refractivity (Wildman–Crippen MR) is 112 cm³/mol. The summed E-state index contributed by atoms with van der Waals surface area (Å²) in [5.74, 6) is 1.08. The fourth-order valence-electron chi connectivity index (χ4n) is 3.45. The predicted octanol–water partition coefficient (Wildman–Crippen LogP) is 5.74. The first-order valence-corrected chi connectivity index (χ1v) is 11.0. The number of aliphatic imine (C=N–C) groups is 1. The maximum atomic E-state index is 5.55. The van der Waals surface area contributed by atoms with Crippen LogP contribution in [0.25, 0.3) is 0 Å². The zero-order valence-electron chi connectivity index (χ0n) is 16.8. The smallest absolute Gasteiger partial charge is 0.0984 e. The van der Waals surface area contributed by atoms with E-state index in [1.165, 1.54) is 89.9 Å². The lowest BCUT2D eigenvalue weighted by Gasteiger charge is -2.02. The molecule has 0 saturated carbocycles. The number of nitrogens with two attached hydrogens (primary N) is 1. The first kappa shape index (κ1) is 22.2. The summed E-state index contributed by atoms with van der Waals surface area (Å²) in [6.07, 6.45) is 25.2. The van der Waals surface area contributed by atoms with Gasteiger partial charge >= 0.3 is 0 Å². The molecule has 0 aromatic heterocycles. The molecule has 1 aliphatic heterocycles. The van der Waals surface area contributed by atoms with Crippen molar-refractivity contribution in [1.82, 2.24) is 5.32 Å². The van der Waals surface area contributed by atoms with Crippen molar-refractivity contribution in [2.45, 2.75) is 109 Å². The van der Waals surface area contributed by atoms with Gasteiger partial charge in [-0.1, -0.05) is 96.1 Å². The molecular formula is C22H43N3. The Morgan fingerprint density at radius 2 is 1.48 bits per heavy atom. The van der Waals surface area contributed by atoms with Crippen molar-refractivity contribution in [3.05, 3.63) is 12.2 Å². The number of allylic oxidation sites excluding steroid dienone is 1. The van der Waals surface area contributed by atoms with E-state index in [9.17, 15) is 0 Å². The molecule has 0 fully saturated rings. The van der Waals surface area contributed by atoms with E-state index in [2.05, 4.69) is 29.4 Å². The van der Waals surface area contributed by atoms with E-state index in [1.54, 1.807) is 0 Å². The highest BCUT2D eigenvalue weighted by Crippen LogP contribution is 2.13. The molecule has 3 N–H and O–H groups in total. The third-order valence-corrected chi connectivity index (χ3v) is 5.05. The Morgan fingerprint density at radius 1 is 0.920 bits per heavy atom. The van der Waals surface area contributed by atoms with Crippen molar-refractivity contribution in [3.8, 4) is 0 Å². The van der Waals surface area contributed by atoms with Crippen molar-refractivity contribution < 1.29 is 0 Å². The zero-order chi connectivity index (χ0) is 18.0. The number of amidine groups is 1. The summed E-state index contributed by atoms with van der Waals surface area (Å²) in [6.45, 7) is 3.92. The molecule has 1 atom stereocenters. The molecule has 3 nitrogen and oxygen atoms in total. The molecule has 146 valence electrons. The summed E-state index contributed by atoms with van der Waals surface area (Å²) in [7, 11) is 0. The van der Waals surface area contributed by atoms with E-state index in [1.807, 2.05) is 0 Å². The van der Waals surface area contributed by atoms with E-state index < -0.39 is 0 Å². The Hall–Kier alpha value is -0.830. The zero-order valence-corrected chi connectivity index (χ0v) is 16.8. The molecule has 0 aliphatic carbocycles. The molecule has 1 unspecified atom stereocenters. The Labute approximate surface area is 156 Å². The van der Waals surface area contributed by atoms with E-state index in [0.717, 1.165) is 18.8 Å². The second-order valence-electron chi connectivity index (χ2n) is 7.52. The van der Waals surface area contributed by atoms with Gasteiger partial charge in [0.25, 0.3) is 0 Å². The van der Waals surface area contributed by atoms with Crippen LogP contribution >= 0.6 is 0 Å². The molecule has 1 aliphatic rings. The van der Waals surface area contributed by atoms with Gasteiger partial charge in [0.2, 0.25) is 0 Å². The third kappa shape index (κ3) is 13.1. The average Bonchev–Trinajstić information content (AvgIpc) is 3.06. The topological polar surface area (TPSA) is 50.4 Å². The highest BCUT2D eigenvalue weighted by molar-refractivity contribution is 5.84. The van der Waals surface area contributed by atoms with Crippen LogP contribution in [0, 0.1) is 0 Å². The molecule has 0 bridgehead atoms. The second kappa shape index (κ2) is 16.6. The van der Waals surface area contributed by atoms with E-state index in [4.69, 9.17) is 5.73 Å². The number of nitrogens with zero attached hydrogens (tertiary/aromatic N) is 1. The fraction of sp³-hybridized carbons (Fsp3) is 0.864. The van der Waals surface area contributed by atoms with Gasteiger partial charge in [0, 0.05) is 13.0 Å². The standard InChI is InChI=1S/C22H43N3/c1-2-3-4-5-6-7-8-9-10-11-12-13-14-15-16-17-21-20-24-22(25-21)18-19-23/h16-17,21H,2-15,18-20,23H2,1H3,(H,24,25). The molecule has 1 heterocycles. The number of unbranched alkanes of at least 4 members (excludes halogenated alkanes) is 13. The summed E-state index contributed by atoms with van der Waals surface area (Å²) in [5, 5.41) is 3.33. The maximum Gasteiger partial charge on any atom is 0.0984 e. The molecule has 0 radical (unpaired) electrons. The van der Waals surface area contributed by atoms with Gasteiger partial charge in [0.05, 0.1) is 11.9 Å². The van der Waals surface area contributed by atoms with Crippen molar-refractivity contribution in [3.63, 3.8) is 0 Å². The van der Waals surface area contributed by atoms with Gasteiger partial charge in [-0.05, 0) is 19.4 Å². The van der Waals surface area contributed by atoms with Gasteiger partial charge in [-0.2, -0.15) is 0 Å². The molecule has 0 aromatic rings. The second-order valence-corrected chi connectivity index (χ2v) is 7.52. The molecule has 0 aromatic carbocycles. The summed E-state index contributed by atoms with van der Waals surface area (Å²) in [6, 6.07) is 0.337. The van der Waals surface area contributed by atoms with Crippen LogP contribution in [0.15, 0.2) is 17.1 Å². The summed E-state index contributed by atoms with van der Waals surface area (Å²) in [4.78, 5) is 4.62. The lowest BCUT2D eigenvalue weighted by molar-refractivity contribution is 0.540. The fourth-order valence-corrected chi connectivity index (χ4v) is 3.45. The highest BCUT2D eigenvalue weighted by atomic mass is 15.1. The highest BCUT2D eigenvalue weighted by Gasteiger charge is 2.12. The lowest BCUT2D eigenvalue weighted by Crippen LogP contribution is -2.22. The van der Waals surface area contributed by atoms with Crippen molar-refractivity contribution in [2.75, 3.05) is 13.1 Å². The summed E-state index contributed by atoms with van der Waals surface area (Å²) in [5.41, 5.74) is 5.55. The number of hydrogen-bond acceptors (Lipinski definition) is 3. The first-order chi connectivity index (χ1) is 12.4. The Balaban J connectivity index is 1.80. The lowest BCUT2D eigenvalue weighted by atomic mass is 10.0. The van der Waals surface area contributed by atoms with Gasteiger partial charge in [-0.3, -0.25) is 4.99 Å². The van der Waals surface area contributed by atoms with Crippen LogP contribution in [0.4, 0.5) is 0 Å². The van der Waals surface area contributed by atoms with Crippen LogP contribution < -0.4 is 11.1 Å². The molecule has 3 heteroatoms. The molecular weight excluding hydrogens is 306 g/mol. The molecule has 25 heavy (non-hydrogen) atoms. The maximum absolute atomic E-state index is 5.55. The van der Waals surface area contributed by atoms with Gasteiger partial charge in [0.1, 0.15) is 0 Å². The number of rotatable bonds is 17. The Morgan fingerprint density at radius 3 is 2.04 bits per heavy atom. The van der Waals surface area contributed by atoms with E-state index >= 15 is 0 Å². The summed E-state index contributed by atoms with van der Waals surface area (Å²) >= 11 is 0. The van der Waals surface area contributed by atoms with Crippen LogP contribution in [-0.4, -0.2) is 25.0 Å². The van der Waals surface area contributed by atoms with Gasteiger partial charge < -0.3 is 11.1 Å². The monoisotopic (exact) mass is 349 g/mol. The van der Waals surface area contributed by atoms with Crippen molar-refractivity contribution >= 4 is 5.84 Å². The van der Waals surface area contributed by atoms with Crippen LogP contribution in [0.1, 0.15) is 103 Å². The molecule has 1 rings (SSSR count). The third-order valence-electron chi connectivity index (χ3n) is 5.05. The minimum Gasteiger partial charge on any atom is -0.371 e. The number of hydrogen-bond donors (Lipinski definition) is 2. The average molecular weight is 350 g/mol. The van der Waals surface area contributed by atoms with E-state index in [0.29, 0.717) is 12.6 Å². The Bertz CT molecular complexity index is 349.